The van der Waals surface area contributed by atoms with Crippen LogP contribution in [0.1, 0.15) is 34.6 Å². The van der Waals surface area contributed by atoms with E-state index in [9.17, 15) is 26.3 Å². The van der Waals surface area contributed by atoms with E-state index < -0.39 is 31.3 Å². The van der Waals surface area contributed by atoms with Crippen LogP contribution in [0, 0.1) is 0 Å². The summed E-state index contributed by atoms with van der Waals surface area (Å²) in [5.41, 5.74) is -7.61. The largest absolute Gasteiger partial charge is 2.00 e. The molecule has 13 nitrogen and oxygen atoms in total. The molecule has 1 radical (unpaired) electrons. The Hall–Kier alpha value is -3.63. The zero-order valence-electron chi connectivity index (χ0n) is 23.1. The fourth-order valence-corrected chi connectivity index (χ4v) is 3.39. The van der Waals surface area contributed by atoms with Gasteiger partial charge in [-0.05, 0) is 23.3 Å². The van der Waals surface area contributed by atoms with Gasteiger partial charge >= 0.3 is 28.1 Å². The Bertz CT molecular complexity index is 1590. The average molecular weight is 767 g/mol. The summed E-state index contributed by atoms with van der Waals surface area (Å²) in [7, 11) is -12.2. The van der Waals surface area contributed by atoms with Gasteiger partial charge < -0.3 is 29.5 Å². The Morgan fingerprint density at radius 2 is 0.894 bits per heavy atom. The first kappa shape index (κ1) is 43.4. The van der Waals surface area contributed by atoms with Crippen molar-refractivity contribution in [3.05, 3.63) is 101 Å². The van der Waals surface area contributed by atoms with Crippen molar-refractivity contribution in [2.75, 3.05) is 13.2 Å². The van der Waals surface area contributed by atoms with Crippen molar-refractivity contribution in [1.29, 1.82) is 0 Å². The van der Waals surface area contributed by atoms with Crippen molar-refractivity contribution >= 4 is 32.0 Å². The van der Waals surface area contributed by atoms with Crippen molar-refractivity contribution < 1.29 is 89.8 Å². The Kier molecular flexibility index (Phi) is 16.1. The topological polar surface area (TPSA) is 233 Å². The second-order valence-electron chi connectivity index (χ2n) is 8.55. The van der Waals surface area contributed by atoms with E-state index in [1.54, 1.807) is 0 Å². The summed E-state index contributed by atoms with van der Waals surface area (Å²) in [5, 5.41) is 0. The molecule has 5 rings (SSSR count). The number of rotatable bonds is 4. The zero-order chi connectivity index (χ0) is 32.8. The van der Waals surface area contributed by atoms with Crippen LogP contribution in [0.5, 0.6) is 0 Å². The number of pyridine rings is 1. The van der Waals surface area contributed by atoms with Crippen molar-refractivity contribution in [3.8, 4) is 0 Å². The minimum absolute atomic E-state index is 0. The molecule has 263 valence electrons. The van der Waals surface area contributed by atoms with Crippen LogP contribution in [0.3, 0.4) is 0 Å². The molecule has 0 amide bonds. The molecule has 47 heavy (non-hydrogen) atoms. The maximum absolute atomic E-state index is 10.7. The molecule has 4 N–H and O–H groups in total. The standard InChI is InChI=1S/C23H19N3O2.2CHF3O3S.Cu.2H2O/c1-3-8-16(9-4-1)20-14-27-22(25-20)18-12-7-13-19(24-18)23-26-21(15-28-23)17-10-5-2-6-11-17;2*2-1(3,4)8(5,6)7;;;/h1-13,20-21H,14-15H2;2*(H,5,6,7);;2*1H2/q;;;+2;;/p-2/t20-,21-;;;;;/m1...../s1. The molecule has 2 aliphatic rings. The fourth-order valence-electron chi connectivity index (χ4n) is 3.39. The third kappa shape index (κ3) is 12.5. The van der Waals surface area contributed by atoms with Gasteiger partial charge in [-0.25, -0.2) is 31.8 Å². The van der Waals surface area contributed by atoms with Gasteiger partial charge in [-0.3, -0.25) is 0 Å². The first-order valence-electron chi connectivity index (χ1n) is 11.9. The van der Waals surface area contributed by atoms with Crippen molar-refractivity contribution in [2.24, 2.45) is 9.98 Å². The third-order valence-corrected chi connectivity index (χ3v) is 6.56. The molecular weight excluding hydrogens is 744 g/mol. The van der Waals surface area contributed by atoms with Gasteiger partial charge in [0, 0.05) is 0 Å². The Balaban J connectivity index is 0.000000940. The predicted octanol–water partition coefficient (Wildman–Crippen LogP) is 2.57. The molecule has 0 saturated carbocycles. The normalized spacial score (nSPS) is 17.2. The number of halogens is 6. The molecule has 0 bridgehead atoms. The van der Waals surface area contributed by atoms with Gasteiger partial charge in [0.05, 0.1) is 0 Å². The molecule has 0 aliphatic carbocycles. The number of aliphatic imine (C=N–C) groups is 2. The van der Waals surface area contributed by atoms with Crippen LogP contribution in [-0.4, -0.2) is 77.9 Å². The molecule has 0 saturated heterocycles. The van der Waals surface area contributed by atoms with Crippen molar-refractivity contribution in [3.63, 3.8) is 0 Å². The van der Waals surface area contributed by atoms with Gasteiger partial charge in [0.1, 0.15) is 36.7 Å². The number of ether oxygens (including phenoxy) is 2. The van der Waals surface area contributed by atoms with E-state index in [1.807, 2.05) is 54.6 Å². The summed E-state index contributed by atoms with van der Waals surface area (Å²) < 4.78 is 129. The van der Waals surface area contributed by atoms with Gasteiger partial charge in [0.2, 0.25) is 11.8 Å². The van der Waals surface area contributed by atoms with E-state index in [-0.39, 0.29) is 40.1 Å². The number of aromatic nitrogens is 1. The van der Waals surface area contributed by atoms with Crippen LogP contribution in [0.4, 0.5) is 26.3 Å². The van der Waals surface area contributed by atoms with Gasteiger partial charge in [0.15, 0.2) is 20.2 Å². The summed E-state index contributed by atoms with van der Waals surface area (Å²) >= 11 is 0. The minimum Gasteiger partial charge on any atom is -0.741 e. The molecule has 2 aromatic carbocycles. The molecule has 3 heterocycles. The van der Waals surface area contributed by atoms with Gasteiger partial charge in [0.25, 0.3) is 0 Å². The first-order chi connectivity index (χ1) is 20.4. The SMILES string of the molecule is O.O.O=S(=O)([O-])C(F)(F)F.O=S(=O)([O-])C(F)(F)F.[Cu+2].c1ccc([C@H]2COC(c3cccc(C4=N[C@@H](c5ccccc5)CO4)n3)=N2)cc1. The zero-order valence-corrected chi connectivity index (χ0v) is 25.6. The van der Waals surface area contributed by atoms with Crippen LogP contribution in [0.25, 0.3) is 0 Å². The van der Waals surface area contributed by atoms with E-state index >= 15 is 0 Å². The van der Waals surface area contributed by atoms with Gasteiger partial charge in [-0.1, -0.05) is 66.7 Å². The van der Waals surface area contributed by atoms with E-state index in [4.69, 9.17) is 45.4 Å². The van der Waals surface area contributed by atoms with Gasteiger partial charge in [-0.2, -0.15) is 26.3 Å². The number of hydrogen-bond donors (Lipinski definition) is 0. The monoisotopic (exact) mass is 766 g/mol. The van der Waals surface area contributed by atoms with Crippen molar-refractivity contribution in [2.45, 2.75) is 23.1 Å². The fraction of sp³-hybridized carbons (Fsp3) is 0.240. The molecule has 2 aliphatic heterocycles. The molecule has 1 aromatic heterocycles. The Labute approximate surface area is 274 Å². The summed E-state index contributed by atoms with van der Waals surface area (Å²) in [6.07, 6.45) is 0. The third-order valence-electron chi connectivity index (χ3n) is 5.42. The smallest absolute Gasteiger partial charge is 0.741 e. The molecule has 0 fully saturated rings. The number of alkyl halides is 6. The summed E-state index contributed by atoms with van der Waals surface area (Å²) in [6, 6.07) is 26.1. The molecule has 2 atom stereocenters. The van der Waals surface area contributed by atoms with E-state index in [2.05, 4.69) is 29.2 Å². The van der Waals surface area contributed by atoms with E-state index in [1.165, 1.54) is 0 Å². The summed E-state index contributed by atoms with van der Waals surface area (Å²) in [6.45, 7) is 1.05. The molecule has 3 aromatic rings. The predicted molar refractivity (Wildman–Crippen MR) is 146 cm³/mol. The van der Waals surface area contributed by atoms with Crippen LogP contribution < -0.4 is 0 Å². The van der Waals surface area contributed by atoms with Crippen LogP contribution in [0.2, 0.25) is 0 Å². The van der Waals surface area contributed by atoms with Crippen LogP contribution in [0.15, 0.2) is 88.8 Å². The van der Waals surface area contributed by atoms with E-state index in [0.29, 0.717) is 36.4 Å². The molecule has 0 spiro atoms. The van der Waals surface area contributed by atoms with Crippen molar-refractivity contribution in [1.82, 2.24) is 4.98 Å². The molecule has 0 unspecified atom stereocenters. The van der Waals surface area contributed by atoms with Crippen LogP contribution >= 0.6 is 0 Å². The molecular formula is C25H23CuF6N3O10S2. The second-order valence-corrected chi connectivity index (χ2v) is 11.3. The Morgan fingerprint density at radius 3 is 1.17 bits per heavy atom. The maximum atomic E-state index is 10.7. The Morgan fingerprint density at radius 1 is 0.596 bits per heavy atom. The second kappa shape index (κ2) is 17.5. The first-order valence-corrected chi connectivity index (χ1v) is 14.7. The quantitative estimate of drug-likeness (QED) is 0.164. The number of hydrogen-bond acceptors (Lipinski definition) is 11. The van der Waals surface area contributed by atoms with E-state index in [0.717, 1.165) is 11.1 Å². The van der Waals surface area contributed by atoms with Crippen LogP contribution in [-0.2, 0) is 46.8 Å². The average Bonchev–Trinajstić information content (AvgIpc) is 3.64. The summed E-state index contributed by atoms with van der Waals surface area (Å²) in [5.74, 6) is 1.13. The number of nitrogens with zero attached hydrogens (tertiary/aromatic N) is 3. The maximum Gasteiger partial charge on any atom is 2.00 e. The molecule has 22 heteroatoms. The van der Waals surface area contributed by atoms with Gasteiger partial charge in [-0.15, -0.1) is 0 Å². The summed E-state index contributed by atoms with van der Waals surface area (Å²) in [4.78, 5) is 14.1. The minimum atomic E-state index is -6.09. The number of benzene rings is 2.